The van der Waals surface area contributed by atoms with Crippen LogP contribution >= 0.6 is 0 Å². The molecule has 0 bridgehead atoms. The lowest BCUT2D eigenvalue weighted by atomic mass is 9.99. The monoisotopic (exact) mass is 244 g/mol. The molecule has 1 N–H and O–H groups in total. The summed E-state index contributed by atoms with van der Waals surface area (Å²) in [6.07, 6.45) is 0.771. The summed E-state index contributed by atoms with van der Waals surface area (Å²) in [4.78, 5) is 2.35. The van der Waals surface area contributed by atoms with Gasteiger partial charge in [-0.3, -0.25) is 4.90 Å². The van der Waals surface area contributed by atoms with Gasteiger partial charge in [0.2, 0.25) is 0 Å². The van der Waals surface area contributed by atoms with Crippen molar-refractivity contribution in [2.75, 3.05) is 44.2 Å². The van der Waals surface area contributed by atoms with Crippen LogP contribution in [0.25, 0.3) is 0 Å². The van der Waals surface area contributed by atoms with E-state index in [0.29, 0.717) is 11.5 Å². The standard InChI is InChI=1S/C11H20N2O2S/c1-10(8-13-5-3-12-4-6-13)11-2-7-16(14,15)9-11/h11-12H,1-9H2. The van der Waals surface area contributed by atoms with Crippen LogP contribution in [0.5, 0.6) is 0 Å². The molecule has 2 rings (SSSR count). The third-order valence-corrected chi connectivity index (χ3v) is 5.21. The average Bonchev–Trinajstić information content (AvgIpc) is 2.60. The summed E-state index contributed by atoms with van der Waals surface area (Å²) in [5.74, 6) is 0.857. The number of sulfone groups is 1. The first-order valence-electron chi connectivity index (χ1n) is 5.88. The molecule has 2 fully saturated rings. The van der Waals surface area contributed by atoms with Gasteiger partial charge >= 0.3 is 0 Å². The molecular formula is C11H20N2O2S. The molecule has 0 aromatic heterocycles. The fraction of sp³-hybridized carbons (Fsp3) is 0.818. The lowest BCUT2D eigenvalue weighted by molar-refractivity contribution is 0.254. The number of hydrogen-bond acceptors (Lipinski definition) is 4. The Kier molecular flexibility index (Phi) is 3.66. The van der Waals surface area contributed by atoms with Crippen LogP contribution in [-0.4, -0.2) is 57.5 Å². The van der Waals surface area contributed by atoms with E-state index < -0.39 is 9.84 Å². The van der Waals surface area contributed by atoms with E-state index in [1.165, 1.54) is 0 Å². The molecule has 0 amide bonds. The van der Waals surface area contributed by atoms with Crippen molar-refractivity contribution >= 4 is 9.84 Å². The molecule has 0 aromatic carbocycles. The van der Waals surface area contributed by atoms with Crippen LogP contribution in [0.3, 0.4) is 0 Å². The summed E-state index contributed by atoms with van der Waals surface area (Å²) in [7, 11) is -2.77. The van der Waals surface area contributed by atoms with Crippen LogP contribution in [0.2, 0.25) is 0 Å². The summed E-state index contributed by atoms with van der Waals surface area (Å²) < 4.78 is 22.7. The highest BCUT2D eigenvalue weighted by Crippen LogP contribution is 2.25. The van der Waals surface area contributed by atoms with E-state index in [1.807, 2.05) is 0 Å². The molecule has 4 nitrogen and oxygen atoms in total. The topological polar surface area (TPSA) is 49.4 Å². The van der Waals surface area contributed by atoms with Crippen LogP contribution < -0.4 is 5.32 Å². The molecule has 2 aliphatic rings. The Morgan fingerprint density at radius 1 is 1.38 bits per heavy atom. The van der Waals surface area contributed by atoms with Gasteiger partial charge in [0.1, 0.15) is 0 Å². The molecule has 0 spiro atoms. The lowest BCUT2D eigenvalue weighted by Crippen LogP contribution is -2.44. The summed E-state index contributed by atoms with van der Waals surface area (Å²) >= 11 is 0. The molecule has 0 aromatic rings. The molecule has 0 radical (unpaired) electrons. The van der Waals surface area contributed by atoms with E-state index in [4.69, 9.17) is 0 Å². The molecule has 92 valence electrons. The van der Waals surface area contributed by atoms with E-state index in [2.05, 4.69) is 16.8 Å². The molecule has 0 saturated carbocycles. The minimum Gasteiger partial charge on any atom is -0.314 e. The number of rotatable bonds is 3. The van der Waals surface area contributed by atoms with Gasteiger partial charge in [-0.2, -0.15) is 0 Å². The number of nitrogens with one attached hydrogen (secondary N) is 1. The van der Waals surface area contributed by atoms with E-state index in [1.54, 1.807) is 0 Å². The smallest absolute Gasteiger partial charge is 0.150 e. The largest absolute Gasteiger partial charge is 0.314 e. The van der Waals surface area contributed by atoms with Crippen LogP contribution in [0.1, 0.15) is 6.42 Å². The summed E-state index contributed by atoms with van der Waals surface area (Å²) in [6.45, 7) is 9.06. The van der Waals surface area contributed by atoms with Crippen molar-refractivity contribution in [3.05, 3.63) is 12.2 Å². The third kappa shape index (κ3) is 3.06. The quantitative estimate of drug-likeness (QED) is 0.703. The molecule has 0 aliphatic carbocycles. The highest BCUT2D eigenvalue weighted by atomic mass is 32.2. The molecule has 5 heteroatoms. The first-order valence-corrected chi connectivity index (χ1v) is 7.70. The van der Waals surface area contributed by atoms with Gasteiger partial charge in [-0.25, -0.2) is 8.42 Å². The zero-order valence-electron chi connectivity index (χ0n) is 9.61. The van der Waals surface area contributed by atoms with Crippen LogP contribution in [0.15, 0.2) is 12.2 Å². The Balaban J connectivity index is 1.84. The van der Waals surface area contributed by atoms with Crippen LogP contribution in [-0.2, 0) is 9.84 Å². The van der Waals surface area contributed by atoms with E-state index in [-0.39, 0.29) is 5.92 Å². The Hall–Kier alpha value is -0.390. The van der Waals surface area contributed by atoms with Crippen molar-refractivity contribution in [2.24, 2.45) is 5.92 Å². The first kappa shape index (κ1) is 12.1. The second-order valence-electron chi connectivity index (χ2n) is 4.78. The maximum Gasteiger partial charge on any atom is 0.150 e. The van der Waals surface area contributed by atoms with Gasteiger partial charge in [0.05, 0.1) is 11.5 Å². The van der Waals surface area contributed by atoms with Crippen molar-refractivity contribution in [3.8, 4) is 0 Å². The minimum absolute atomic E-state index is 0.194. The fourth-order valence-corrected chi connectivity index (χ4v) is 4.23. The summed E-state index contributed by atoms with van der Waals surface area (Å²) in [5, 5.41) is 3.30. The predicted octanol–water partition coefficient (Wildman–Crippen LogP) is -0.117. The van der Waals surface area contributed by atoms with Gasteiger partial charge in [0, 0.05) is 32.7 Å². The SMILES string of the molecule is C=C(CN1CCNCC1)C1CCS(=O)(=O)C1. The van der Waals surface area contributed by atoms with Crippen LogP contribution in [0.4, 0.5) is 0 Å². The van der Waals surface area contributed by atoms with Gasteiger partial charge in [-0.05, 0) is 12.3 Å². The highest BCUT2D eigenvalue weighted by molar-refractivity contribution is 7.91. The van der Waals surface area contributed by atoms with E-state index >= 15 is 0 Å². The number of piperazine rings is 1. The normalized spacial score (nSPS) is 30.4. The van der Waals surface area contributed by atoms with Crippen LogP contribution in [0, 0.1) is 5.92 Å². The van der Waals surface area contributed by atoms with Gasteiger partial charge in [0.15, 0.2) is 9.84 Å². The van der Waals surface area contributed by atoms with Crippen molar-refractivity contribution in [2.45, 2.75) is 6.42 Å². The maximum absolute atomic E-state index is 11.4. The second-order valence-corrected chi connectivity index (χ2v) is 7.01. The molecule has 2 heterocycles. The molecule has 2 aliphatic heterocycles. The Morgan fingerprint density at radius 2 is 2.06 bits per heavy atom. The molecule has 16 heavy (non-hydrogen) atoms. The average molecular weight is 244 g/mol. The van der Waals surface area contributed by atoms with E-state index in [9.17, 15) is 8.42 Å². The van der Waals surface area contributed by atoms with Gasteiger partial charge < -0.3 is 5.32 Å². The summed E-state index contributed by atoms with van der Waals surface area (Å²) in [5.41, 5.74) is 1.10. The lowest BCUT2D eigenvalue weighted by Gasteiger charge is -2.29. The predicted molar refractivity (Wildman–Crippen MR) is 65.2 cm³/mol. The Morgan fingerprint density at radius 3 is 2.62 bits per heavy atom. The van der Waals surface area contributed by atoms with E-state index in [0.717, 1.165) is 44.7 Å². The fourth-order valence-electron chi connectivity index (χ4n) is 2.40. The second kappa shape index (κ2) is 4.85. The Bertz CT molecular complexity index is 358. The van der Waals surface area contributed by atoms with Gasteiger partial charge in [-0.1, -0.05) is 12.2 Å². The molecule has 1 atom stereocenters. The van der Waals surface area contributed by atoms with Crippen molar-refractivity contribution in [1.29, 1.82) is 0 Å². The van der Waals surface area contributed by atoms with Crippen molar-refractivity contribution in [1.82, 2.24) is 10.2 Å². The molecule has 1 unspecified atom stereocenters. The number of nitrogens with zero attached hydrogens (tertiary/aromatic N) is 1. The van der Waals surface area contributed by atoms with Crippen molar-refractivity contribution < 1.29 is 8.42 Å². The zero-order valence-corrected chi connectivity index (χ0v) is 10.4. The highest BCUT2D eigenvalue weighted by Gasteiger charge is 2.30. The zero-order chi connectivity index (χ0) is 11.6. The van der Waals surface area contributed by atoms with Gasteiger partial charge in [-0.15, -0.1) is 0 Å². The van der Waals surface area contributed by atoms with Crippen molar-refractivity contribution in [3.63, 3.8) is 0 Å². The maximum atomic E-state index is 11.4. The summed E-state index contributed by atoms with van der Waals surface area (Å²) in [6, 6.07) is 0. The minimum atomic E-state index is -2.77. The molecular weight excluding hydrogens is 224 g/mol. The number of hydrogen-bond donors (Lipinski definition) is 1. The van der Waals surface area contributed by atoms with Gasteiger partial charge in [0.25, 0.3) is 0 Å². The molecule has 2 saturated heterocycles. The third-order valence-electron chi connectivity index (χ3n) is 3.45. The first-order chi connectivity index (χ1) is 7.57. The Labute approximate surface area is 97.6 Å².